The summed E-state index contributed by atoms with van der Waals surface area (Å²) < 4.78 is 5.45. The molecule has 1 aromatic carbocycles. The monoisotopic (exact) mass is 438 g/mol. The van der Waals surface area contributed by atoms with E-state index in [-0.39, 0.29) is 11.5 Å². The molecule has 4 rings (SSSR count). The molecule has 1 fully saturated rings. The number of hydrogen-bond donors (Lipinski definition) is 2. The van der Waals surface area contributed by atoms with Gasteiger partial charge in [0.2, 0.25) is 0 Å². The number of thiophene rings is 1. The van der Waals surface area contributed by atoms with Crippen LogP contribution >= 0.6 is 11.3 Å². The molecule has 0 radical (unpaired) electrons. The van der Waals surface area contributed by atoms with Crippen LogP contribution in [-0.2, 0) is 0 Å². The maximum absolute atomic E-state index is 12.3. The van der Waals surface area contributed by atoms with Crippen LogP contribution in [0.5, 0.6) is 5.75 Å². The van der Waals surface area contributed by atoms with Crippen molar-refractivity contribution >= 4 is 40.4 Å². The van der Waals surface area contributed by atoms with Crippen LogP contribution in [-0.4, -0.2) is 55.3 Å². The number of rotatable bonds is 6. The van der Waals surface area contributed by atoms with Gasteiger partial charge in [-0.1, -0.05) is 18.2 Å². The van der Waals surface area contributed by atoms with Crippen LogP contribution in [0.1, 0.15) is 20.0 Å². The molecule has 3 aromatic rings. The number of amides is 1. The van der Waals surface area contributed by atoms with Gasteiger partial charge in [-0.05, 0) is 29.6 Å². The van der Waals surface area contributed by atoms with E-state index in [4.69, 9.17) is 4.74 Å². The fraction of sp³-hybridized carbons (Fsp3) is 0.227. The number of ether oxygens (including phenoxy) is 1. The minimum absolute atomic E-state index is 0.0646. The molecule has 0 unspecified atom stereocenters. The number of carbonyl (C=O) groups excluding carboxylic acids is 1. The van der Waals surface area contributed by atoms with Crippen molar-refractivity contribution in [2.24, 2.45) is 0 Å². The van der Waals surface area contributed by atoms with E-state index >= 15 is 0 Å². The average molecular weight is 439 g/mol. The Bertz CT molecular complexity index is 1080. The third-order valence-electron chi connectivity index (χ3n) is 5.10. The first-order valence-electron chi connectivity index (χ1n) is 9.78. The van der Waals surface area contributed by atoms with Gasteiger partial charge in [0.15, 0.2) is 0 Å². The lowest BCUT2D eigenvalue weighted by Gasteiger charge is -2.37. The van der Waals surface area contributed by atoms with Crippen LogP contribution in [0.4, 0.5) is 17.2 Å². The highest BCUT2D eigenvalue weighted by Gasteiger charge is 2.24. The molecule has 0 spiro atoms. The normalized spacial score (nSPS) is 13.7. The number of carboxylic acid groups (broad SMARTS) is 1. The topological polar surface area (TPSA) is 95.0 Å². The quantitative estimate of drug-likeness (QED) is 0.609. The fourth-order valence-electron chi connectivity index (χ4n) is 3.59. The summed E-state index contributed by atoms with van der Waals surface area (Å²) in [5.41, 5.74) is 1.43. The SMILES string of the molecule is COc1ccccc1N1CCN(c2ncc(NC(=O)c3cccs3)cc2C(=O)O)CC1. The second kappa shape index (κ2) is 9.05. The molecular weight excluding hydrogens is 416 g/mol. The number of nitrogens with one attached hydrogen (secondary N) is 1. The predicted molar refractivity (Wildman–Crippen MR) is 121 cm³/mol. The fourth-order valence-corrected chi connectivity index (χ4v) is 4.20. The van der Waals surface area contributed by atoms with Gasteiger partial charge in [-0.25, -0.2) is 9.78 Å². The van der Waals surface area contributed by atoms with E-state index in [0.717, 1.165) is 11.4 Å². The molecule has 1 saturated heterocycles. The molecule has 3 heterocycles. The van der Waals surface area contributed by atoms with Gasteiger partial charge in [0, 0.05) is 26.2 Å². The Labute approximate surface area is 183 Å². The van der Waals surface area contributed by atoms with Gasteiger partial charge in [0.1, 0.15) is 17.1 Å². The van der Waals surface area contributed by atoms with Crippen LogP contribution in [0.2, 0.25) is 0 Å². The number of anilines is 3. The first-order valence-corrected chi connectivity index (χ1v) is 10.7. The summed E-state index contributed by atoms with van der Waals surface area (Å²) >= 11 is 1.32. The van der Waals surface area contributed by atoms with E-state index in [9.17, 15) is 14.7 Å². The van der Waals surface area contributed by atoms with E-state index in [0.29, 0.717) is 42.6 Å². The lowest BCUT2D eigenvalue weighted by atomic mass is 10.2. The van der Waals surface area contributed by atoms with Crippen molar-refractivity contribution in [1.29, 1.82) is 0 Å². The number of aromatic nitrogens is 1. The summed E-state index contributed by atoms with van der Waals surface area (Å²) in [7, 11) is 1.65. The van der Waals surface area contributed by atoms with E-state index < -0.39 is 5.97 Å². The van der Waals surface area contributed by atoms with Crippen LogP contribution in [0.3, 0.4) is 0 Å². The number of aromatic carboxylic acids is 1. The molecule has 31 heavy (non-hydrogen) atoms. The summed E-state index contributed by atoms with van der Waals surface area (Å²) in [5.74, 6) is -0.152. The summed E-state index contributed by atoms with van der Waals surface area (Å²) in [6, 6.07) is 12.8. The predicted octanol–water partition coefficient (Wildman–Crippen LogP) is 3.43. The maximum atomic E-state index is 12.3. The zero-order valence-corrected chi connectivity index (χ0v) is 17.8. The molecule has 2 N–H and O–H groups in total. The molecule has 9 heteroatoms. The zero-order valence-electron chi connectivity index (χ0n) is 16.9. The standard InChI is InChI=1S/C22H22N4O4S/c1-30-18-6-3-2-5-17(18)25-8-10-26(11-9-25)20-16(22(28)29)13-15(14-23-20)24-21(27)19-7-4-12-31-19/h2-7,12-14H,8-11H2,1H3,(H,24,27)(H,28,29). The molecule has 0 aliphatic carbocycles. The van der Waals surface area contributed by atoms with Crippen molar-refractivity contribution in [2.45, 2.75) is 0 Å². The Morgan fingerprint density at radius 3 is 2.52 bits per heavy atom. The summed E-state index contributed by atoms with van der Waals surface area (Å²) in [6.45, 7) is 2.65. The number of piperazine rings is 1. The van der Waals surface area contributed by atoms with Crippen molar-refractivity contribution in [3.63, 3.8) is 0 Å². The Kier molecular flexibility index (Phi) is 6.03. The Morgan fingerprint density at radius 1 is 1.10 bits per heavy atom. The minimum atomic E-state index is -1.08. The number of para-hydroxylation sites is 2. The van der Waals surface area contributed by atoms with E-state index in [1.165, 1.54) is 23.6 Å². The van der Waals surface area contributed by atoms with E-state index in [1.807, 2.05) is 34.5 Å². The summed E-state index contributed by atoms with van der Waals surface area (Å²) in [6.07, 6.45) is 1.50. The third-order valence-corrected chi connectivity index (χ3v) is 5.97. The first-order chi connectivity index (χ1) is 15.1. The number of pyridine rings is 1. The van der Waals surface area contributed by atoms with Crippen LogP contribution < -0.4 is 19.9 Å². The highest BCUT2D eigenvalue weighted by molar-refractivity contribution is 7.12. The van der Waals surface area contributed by atoms with Crippen LogP contribution in [0, 0.1) is 0 Å². The molecule has 1 aliphatic heterocycles. The smallest absolute Gasteiger partial charge is 0.339 e. The summed E-state index contributed by atoms with van der Waals surface area (Å²) in [5, 5.41) is 14.3. The highest BCUT2D eigenvalue weighted by Crippen LogP contribution is 2.30. The molecular formula is C22H22N4O4S. The van der Waals surface area contributed by atoms with Gasteiger partial charge >= 0.3 is 5.97 Å². The molecule has 160 valence electrons. The van der Waals surface area contributed by atoms with Crippen molar-refractivity contribution in [1.82, 2.24) is 4.98 Å². The molecule has 8 nitrogen and oxygen atoms in total. The zero-order chi connectivity index (χ0) is 21.8. The number of nitrogens with zero attached hydrogens (tertiary/aromatic N) is 3. The number of carboxylic acids is 1. The van der Waals surface area contributed by atoms with Gasteiger partial charge in [-0.3, -0.25) is 4.79 Å². The lowest BCUT2D eigenvalue weighted by molar-refractivity contribution is 0.0696. The van der Waals surface area contributed by atoms with Crippen LogP contribution in [0.25, 0.3) is 0 Å². The Morgan fingerprint density at radius 2 is 1.84 bits per heavy atom. The van der Waals surface area contributed by atoms with E-state index in [2.05, 4.69) is 15.2 Å². The number of methoxy groups -OCH3 is 1. The third kappa shape index (κ3) is 4.46. The minimum Gasteiger partial charge on any atom is -0.495 e. The number of carbonyl (C=O) groups is 2. The lowest BCUT2D eigenvalue weighted by Crippen LogP contribution is -2.47. The highest BCUT2D eigenvalue weighted by atomic mass is 32.1. The van der Waals surface area contributed by atoms with Gasteiger partial charge in [0.05, 0.1) is 29.6 Å². The molecule has 0 atom stereocenters. The largest absolute Gasteiger partial charge is 0.495 e. The van der Waals surface area contributed by atoms with Gasteiger partial charge in [0.25, 0.3) is 5.91 Å². The van der Waals surface area contributed by atoms with Gasteiger partial charge in [-0.2, -0.15) is 0 Å². The first kappa shape index (κ1) is 20.7. The molecule has 0 bridgehead atoms. The second-order valence-electron chi connectivity index (χ2n) is 6.98. The Hall–Kier alpha value is -3.59. The van der Waals surface area contributed by atoms with Gasteiger partial charge < -0.3 is 25.0 Å². The molecule has 2 aromatic heterocycles. The molecule has 1 aliphatic rings. The van der Waals surface area contributed by atoms with Crippen molar-refractivity contribution in [3.8, 4) is 5.75 Å². The Balaban J connectivity index is 1.49. The average Bonchev–Trinajstić information content (AvgIpc) is 3.34. The summed E-state index contributed by atoms with van der Waals surface area (Å²) in [4.78, 5) is 33.3. The molecule has 0 saturated carbocycles. The van der Waals surface area contributed by atoms with Crippen molar-refractivity contribution in [3.05, 3.63) is 64.5 Å². The maximum Gasteiger partial charge on any atom is 0.339 e. The van der Waals surface area contributed by atoms with Crippen molar-refractivity contribution in [2.75, 3.05) is 48.4 Å². The second-order valence-corrected chi connectivity index (χ2v) is 7.93. The number of hydrogen-bond acceptors (Lipinski definition) is 7. The van der Waals surface area contributed by atoms with Crippen LogP contribution in [0.15, 0.2) is 54.0 Å². The van der Waals surface area contributed by atoms with Crippen molar-refractivity contribution < 1.29 is 19.4 Å². The molecule has 1 amide bonds. The van der Waals surface area contributed by atoms with Gasteiger partial charge in [-0.15, -0.1) is 11.3 Å². The van der Waals surface area contributed by atoms with E-state index in [1.54, 1.807) is 19.2 Å². The number of benzene rings is 1.